The summed E-state index contributed by atoms with van der Waals surface area (Å²) in [4.78, 5) is 3.23. The number of hydrogen-bond acceptors (Lipinski definition) is 3. The maximum Gasteiger partial charge on any atom is 0.242 e. The van der Waals surface area contributed by atoms with Crippen LogP contribution in [0.4, 0.5) is 5.69 Å². The Morgan fingerprint density at radius 2 is 2.15 bits per heavy atom. The van der Waals surface area contributed by atoms with Gasteiger partial charge in [-0.25, -0.2) is 13.1 Å². The van der Waals surface area contributed by atoms with Gasteiger partial charge in [0.05, 0.1) is 0 Å². The van der Waals surface area contributed by atoms with E-state index in [1.54, 1.807) is 18.2 Å². The Balaban J connectivity index is 1.87. The van der Waals surface area contributed by atoms with Crippen molar-refractivity contribution in [3.8, 4) is 0 Å². The number of hydrogen-bond donors (Lipinski definition) is 3. The Bertz CT molecular complexity index is 762. The number of nitrogens with two attached hydrogens (primary N) is 1. The Hall–Kier alpha value is -1.53. The van der Waals surface area contributed by atoms with Crippen LogP contribution in [0.1, 0.15) is 20.3 Å². The molecule has 0 aliphatic heterocycles. The molecule has 0 saturated heterocycles. The molecule has 1 unspecified atom stereocenters. The van der Waals surface area contributed by atoms with Crippen molar-refractivity contribution in [1.82, 2.24) is 9.71 Å². The van der Waals surface area contributed by atoms with E-state index in [9.17, 15) is 8.42 Å². The van der Waals surface area contributed by atoms with Crippen molar-refractivity contribution < 1.29 is 8.42 Å². The van der Waals surface area contributed by atoms with E-state index in [-0.39, 0.29) is 10.3 Å². The molecule has 1 aliphatic rings. The van der Waals surface area contributed by atoms with E-state index in [4.69, 9.17) is 5.73 Å². The lowest BCUT2D eigenvalue weighted by Crippen LogP contribution is -2.26. The second kappa shape index (κ2) is 4.23. The SMILES string of the molecule is CC1(C)CC1CNS(=O)(=O)c1c[nH]c2ccc(N)cc12. The fourth-order valence-corrected chi connectivity index (χ4v) is 3.80. The molecule has 20 heavy (non-hydrogen) atoms. The van der Waals surface area contributed by atoms with Gasteiger partial charge in [-0.1, -0.05) is 13.8 Å². The number of nitrogens with one attached hydrogen (secondary N) is 2. The molecule has 1 atom stereocenters. The number of nitrogen functional groups attached to an aromatic ring is 1. The number of aromatic amines is 1. The van der Waals surface area contributed by atoms with Crippen molar-refractivity contribution in [2.24, 2.45) is 11.3 Å². The lowest BCUT2D eigenvalue weighted by Gasteiger charge is -2.07. The maximum absolute atomic E-state index is 12.4. The summed E-state index contributed by atoms with van der Waals surface area (Å²) in [5, 5.41) is 0.632. The third-order valence-corrected chi connectivity index (χ3v) is 5.66. The van der Waals surface area contributed by atoms with Crippen molar-refractivity contribution in [3.05, 3.63) is 24.4 Å². The van der Waals surface area contributed by atoms with Crippen molar-refractivity contribution in [2.75, 3.05) is 12.3 Å². The summed E-state index contributed by atoms with van der Waals surface area (Å²) in [5.41, 5.74) is 7.31. The number of aromatic nitrogens is 1. The molecule has 0 bridgehead atoms. The maximum atomic E-state index is 12.4. The highest BCUT2D eigenvalue weighted by Gasteiger charge is 2.45. The number of benzene rings is 1. The van der Waals surface area contributed by atoms with E-state index in [2.05, 4.69) is 23.6 Å². The van der Waals surface area contributed by atoms with Crippen LogP contribution >= 0.6 is 0 Å². The standard InChI is InChI=1S/C14H19N3O2S/c1-14(2)6-9(14)7-17-20(18,19)13-8-16-12-4-3-10(15)5-11(12)13/h3-5,8-9,16-17H,6-7,15H2,1-2H3. The van der Waals surface area contributed by atoms with Gasteiger partial charge in [0.25, 0.3) is 0 Å². The van der Waals surface area contributed by atoms with Gasteiger partial charge in [0, 0.05) is 29.3 Å². The van der Waals surface area contributed by atoms with Gasteiger partial charge in [-0.3, -0.25) is 0 Å². The first-order chi connectivity index (χ1) is 9.29. The average Bonchev–Trinajstić information content (AvgIpc) is 2.79. The molecular weight excluding hydrogens is 274 g/mol. The molecule has 1 aromatic carbocycles. The molecule has 6 heteroatoms. The Kier molecular flexibility index (Phi) is 2.85. The molecule has 1 heterocycles. The first kappa shape index (κ1) is 13.5. The third-order valence-electron chi connectivity index (χ3n) is 4.19. The van der Waals surface area contributed by atoms with E-state index in [0.29, 0.717) is 23.5 Å². The Morgan fingerprint density at radius 1 is 1.45 bits per heavy atom. The zero-order valence-corrected chi connectivity index (χ0v) is 12.4. The number of H-pyrrole nitrogens is 1. The van der Waals surface area contributed by atoms with Crippen LogP contribution in [0.3, 0.4) is 0 Å². The quantitative estimate of drug-likeness (QED) is 0.754. The van der Waals surface area contributed by atoms with Gasteiger partial charge in [-0.2, -0.15) is 0 Å². The minimum absolute atomic E-state index is 0.257. The van der Waals surface area contributed by atoms with Crippen LogP contribution < -0.4 is 10.5 Å². The van der Waals surface area contributed by atoms with Crippen LogP contribution in [-0.2, 0) is 10.0 Å². The van der Waals surface area contributed by atoms with Gasteiger partial charge in [-0.15, -0.1) is 0 Å². The summed E-state index contributed by atoms with van der Waals surface area (Å²) >= 11 is 0. The number of rotatable bonds is 4. The molecule has 5 nitrogen and oxygen atoms in total. The fourth-order valence-electron chi connectivity index (χ4n) is 2.55. The van der Waals surface area contributed by atoms with E-state index >= 15 is 0 Å². The van der Waals surface area contributed by atoms with Crippen LogP contribution in [0.2, 0.25) is 0 Å². The second-order valence-electron chi connectivity index (χ2n) is 6.20. The zero-order chi connectivity index (χ0) is 14.5. The molecule has 108 valence electrons. The van der Waals surface area contributed by atoms with Crippen molar-refractivity contribution in [1.29, 1.82) is 0 Å². The van der Waals surface area contributed by atoms with Gasteiger partial charge in [-0.05, 0) is 36.0 Å². The van der Waals surface area contributed by atoms with Crippen LogP contribution in [0.5, 0.6) is 0 Å². The molecule has 1 aliphatic carbocycles. The molecule has 1 saturated carbocycles. The van der Waals surface area contributed by atoms with Crippen LogP contribution in [0.25, 0.3) is 10.9 Å². The van der Waals surface area contributed by atoms with E-state index in [1.165, 1.54) is 6.20 Å². The number of anilines is 1. The minimum Gasteiger partial charge on any atom is -0.399 e. The molecule has 0 spiro atoms. The summed E-state index contributed by atoms with van der Waals surface area (Å²) in [6, 6.07) is 5.21. The highest BCUT2D eigenvalue weighted by molar-refractivity contribution is 7.89. The first-order valence-electron chi connectivity index (χ1n) is 6.66. The fraction of sp³-hybridized carbons (Fsp3) is 0.429. The number of sulfonamides is 1. The van der Waals surface area contributed by atoms with Gasteiger partial charge in [0.15, 0.2) is 0 Å². The molecule has 3 rings (SSSR count). The molecule has 0 radical (unpaired) electrons. The third kappa shape index (κ3) is 2.29. The molecule has 2 aromatic rings. The summed E-state index contributed by atoms with van der Waals surface area (Å²) in [6.45, 7) is 4.79. The van der Waals surface area contributed by atoms with Gasteiger partial charge < -0.3 is 10.7 Å². The second-order valence-corrected chi connectivity index (χ2v) is 7.93. The van der Waals surface area contributed by atoms with Crippen LogP contribution in [-0.4, -0.2) is 19.9 Å². The van der Waals surface area contributed by atoms with E-state index < -0.39 is 10.0 Å². The molecule has 4 N–H and O–H groups in total. The summed E-state index contributed by atoms with van der Waals surface area (Å²) in [7, 11) is -3.50. The highest BCUT2D eigenvalue weighted by Crippen LogP contribution is 2.51. The summed E-state index contributed by atoms with van der Waals surface area (Å²) < 4.78 is 27.5. The molecule has 1 fully saturated rings. The zero-order valence-electron chi connectivity index (χ0n) is 11.6. The van der Waals surface area contributed by atoms with E-state index in [1.807, 2.05) is 0 Å². The lowest BCUT2D eigenvalue weighted by atomic mass is 10.1. The molecular formula is C14H19N3O2S. The van der Waals surface area contributed by atoms with Crippen molar-refractivity contribution in [2.45, 2.75) is 25.2 Å². The topological polar surface area (TPSA) is 88.0 Å². The highest BCUT2D eigenvalue weighted by atomic mass is 32.2. The normalized spacial score (nSPS) is 21.2. The Morgan fingerprint density at radius 3 is 2.80 bits per heavy atom. The minimum atomic E-state index is -3.50. The van der Waals surface area contributed by atoms with Crippen molar-refractivity contribution in [3.63, 3.8) is 0 Å². The van der Waals surface area contributed by atoms with Crippen molar-refractivity contribution >= 4 is 26.6 Å². The van der Waals surface area contributed by atoms with Gasteiger partial charge in [0.1, 0.15) is 4.90 Å². The Labute approximate surface area is 118 Å². The average molecular weight is 293 g/mol. The van der Waals surface area contributed by atoms with Gasteiger partial charge in [0.2, 0.25) is 10.0 Å². The summed E-state index contributed by atoms with van der Waals surface area (Å²) in [5.74, 6) is 0.424. The first-order valence-corrected chi connectivity index (χ1v) is 8.14. The smallest absolute Gasteiger partial charge is 0.242 e. The van der Waals surface area contributed by atoms with E-state index in [0.717, 1.165) is 11.9 Å². The predicted molar refractivity (Wildman–Crippen MR) is 79.8 cm³/mol. The number of fused-ring (bicyclic) bond motifs is 1. The van der Waals surface area contributed by atoms with Crippen LogP contribution in [0, 0.1) is 11.3 Å². The monoisotopic (exact) mass is 293 g/mol. The molecule has 0 amide bonds. The largest absolute Gasteiger partial charge is 0.399 e. The lowest BCUT2D eigenvalue weighted by molar-refractivity contribution is 0.538. The summed E-state index contributed by atoms with van der Waals surface area (Å²) in [6.07, 6.45) is 2.58. The molecule has 1 aromatic heterocycles. The van der Waals surface area contributed by atoms with Crippen LogP contribution in [0.15, 0.2) is 29.3 Å². The van der Waals surface area contributed by atoms with Gasteiger partial charge >= 0.3 is 0 Å². The predicted octanol–water partition coefficient (Wildman–Crippen LogP) is 2.07.